The van der Waals surface area contributed by atoms with E-state index in [1.165, 1.54) is 16.1 Å². The van der Waals surface area contributed by atoms with Crippen molar-refractivity contribution >= 4 is 34.1 Å². The highest BCUT2D eigenvalue weighted by Crippen LogP contribution is 2.38. The summed E-state index contributed by atoms with van der Waals surface area (Å²) in [5, 5.41) is 1.26. The number of benzene rings is 1. The molecule has 134 valence electrons. The Morgan fingerprint density at radius 3 is 2.48 bits per heavy atom. The molecule has 1 aromatic heterocycles. The van der Waals surface area contributed by atoms with E-state index < -0.39 is 0 Å². The minimum Gasteiger partial charge on any atom is -0.399 e. The summed E-state index contributed by atoms with van der Waals surface area (Å²) in [6.45, 7) is 11.7. The topological polar surface area (TPSA) is 34.6 Å². The molecular weight excluding hydrogens is 331 g/mol. The van der Waals surface area contributed by atoms with Crippen molar-refractivity contribution in [2.24, 2.45) is 0 Å². The Hall–Kier alpha value is -0.945. The standard InChI is InChI=1S/C19H27BN2O2S/c1-12-9-13(11-22(12)6)17-21-15-10-14(7-8-16(15)25-17)20-23-18(2,3)19(4,5)24-20/h7-8,10,12-13H,9,11H2,1-6H3/t12-,13+/m0/s1. The third-order valence-corrected chi connectivity index (χ3v) is 7.39. The van der Waals surface area contributed by atoms with Crippen molar-refractivity contribution in [2.45, 2.75) is 64.2 Å². The quantitative estimate of drug-likeness (QED) is 0.771. The lowest BCUT2D eigenvalue weighted by atomic mass is 9.79. The summed E-state index contributed by atoms with van der Waals surface area (Å²) in [5.74, 6) is 0.553. The van der Waals surface area contributed by atoms with Gasteiger partial charge >= 0.3 is 7.12 Å². The van der Waals surface area contributed by atoms with Gasteiger partial charge in [-0.05, 0) is 65.7 Å². The molecule has 2 saturated heterocycles. The molecule has 4 rings (SSSR count). The second-order valence-corrected chi connectivity index (χ2v) is 9.65. The van der Waals surface area contributed by atoms with Crippen molar-refractivity contribution < 1.29 is 9.31 Å². The lowest BCUT2D eigenvalue weighted by molar-refractivity contribution is 0.00578. The van der Waals surface area contributed by atoms with Crippen LogP contribution in [-0.4, -0.2) is 47.8 Å². The zero-order chi connectivity index (χ0) is 18.0. The van der Waals surface area contributed by atoms with Crippen molar-refractivity contribution in [2.75, 3.05) is 13.6 Å². The van der Waals surface area contributed by atoms with E-state index in [1.54, 1.807) is 0 Å². The van der Waals surface area contributed by atoms with Gasteiger partial charge in [0.25, 0.3) is 0 Å². The fraction of sp³-hybridized carbons (Fsp3) is 0.632. The molecule has 2 aliphatic rings. The number of fused-ring (bicyclic) bond motifs is 1. The molecule has 0 saturated carbocycles. The minimum absolute atomic E-state index is 0.315. The number of rotatable bonds is 2. The Morgan fingerprint density at radius 1 is 1.20 bits per heavy atom. The van der Waals surface area contributed by atoms with Crippen molar-refractivity contribution in [1.82, 2.24) is 9.88 Å². The Bertz CT molecular complexity index is 778. The smallest absolute Gasteiger partial charge is 0.399 e. The SMILES string of the molecule is C[C@H]1C[C@@H](c2nc3cc(B4OC(C)(C)C(C)(C)O4)ccc3s2)CN1C. The average Bonchev–Trinajstić information content (AvgIpc) is 3.14. The zero-order valence-corrected chi connectivity index (χ0v) is 16.8. The minimum atomic E-state index is -0.322. The van der Waals surface area contributed by atoms with Crippen LogP contribution in [0.5, 0.6) is 0 Å². The van der Waals surface area contributed by atoms with Gasteiger partial charge in [0, 0.05) is 18.5 Å². The van der Waals surface area contributed by atoms with Crippen LogP contribution in [0.4, 0.5) is 0 Å². The molecule has 25 heavy (non-hydrogen) atoms. The first kappa shape index (κ1) is 17.5. The van der Waals surface area contributed by atoms with Crippen molar-refractivity contribution in [1.29, 1.82) is 0 Å². The number of likely N-dealkylation sites (tertiary alicyclic amines) is 1. The van der Waals surface area contributed by atoms with Crippen LogP contribution in [0.3, 0.4) is 0 Å². The van der Waals surface area contributed by atoms with E-state index in [4.69, 9.17) is 14.3 Å². The zero-order valence-electron chi connectivity index (χ0n) is 16.0. The van der Waals surface area contributed by atoms with Crippen molar-refractivity contribution in [3.63, 3.8) is 0 Å². The maximum atomic E-state index is 6.18. The lowest BCUT2D eigenvalue weighted by Gasteiger charge is -2.32. The predicted molar refractivity (Wildman–Crippen MR) is 105 cm³/mol. The Labute approximate surface area is 154 Å². The number of aromatic nitrogens is 1. The van der Waals surface area contributed by atoms with Gasteiger partial charge in [-0.2, -0.15) is 0 Å². The van der Waals surface area contributed by atoms with Crippen LogP contribution >= 0.6 is 11.3 Å². The molecule has 4 nitrogen and oxygen atoms in total. The summed E-state index contributed by atoms with van der Waals surface area (Å²) >= 11 is 1.83. The Morgan fingerprint density at radius 2 is 1.88 bits per heavy atom. The normalized spacial score (nSPS) is 29.0. The van der Waals surface area contributed by atoms with Gasteiger partial charge in [-0.3, -0.25) is 0 Å². The van der Waals surface area contributed by atoms with Crippen LogP contribution in [0.1, 0.15) is 52.0 Å². The predicted octanol–water partition coefficient (Wildman–Crippen LogP) is 3.40. The molecule has 1 aromatic carbocycles. The van der Waals surface area contributed by atoms with Gasteiger partial charge in [0.15, 0.2) is 0 Å². The van der Waals surface area contributed by atoms with Gasteiger partial charge in [0.2, 0.25) is 0 Å². The number of thiazole rings is 1. The second-order valence-electron chi connectivity index (χ2n) is 8.59. The van der Waals surface area contributed by atoms with Gasteiger partial charge < -0.3 is 14.2 Å². The van der Waals surface area contributed by atoms with Gasteiger partial charge in [-0.25, -0.2) is 4.98 Å². The molecule has 6 heteroatoms. The fourth-order valence-corrected chi connectivity index (χ4v) is 4.69. The highest BCUT2D eigenvalue weighted by molar-refractivity contribution is 7.18. The third-order valence-electron chi connectivity index (χ3n) is 6.19. The van der Waals surface area contributed by atoms with E-state index in [9.17, 15) is 0 Å². The monoisotopic (exact) mass is 358 g/mol. The van der Waals surface area contributed by atoms with Crippen LogP contribution in [0, 0.1) is 0 Å². The summed E-state index contributed by atoms with van der Waals surface area (Å²) < 4.78 is 13.6. The van der Waals surface area contributed by atoms with Crippen LogP contribution in [0.2, 0.25) is 0 Å². The molecular formula is C19H27BN2O2S. The van der Waals surface area contributed by atoms with Crippen LogP contribution < -0.4 is 5.46 Å². The molecule has 0 N–H and O–H groups in total. The first-order chi connectivity index (χ1) is 11.7. The Balaban J connectivity index is 1.61. The molecule has 0 radical (unpaired) electrons. The van der Waals surface area contributed by atoms with E-state index in [1.807, 2.05) is 11.3 Å². The molecule has 0 amide bonds. The molecule has 0 unspecified atom stereocenters. The summed E-state index contributed by atoms with van der Waals surface area (Å²) in [6.07, 6.45) is 1.19. The van der Waals surface area contributed by atoms with Crippen LogP contribution in [0.25, 0.3) is 10.2 Å². The van der Waals surface area contributed by atoms with Crippen molar-refractivity contribution in [3.8, 4) is 0 Å². The average molecular weight is 358 g/mol. The van der Waals surface area contributed by atoms with Gasteiger partial charge in [-0.15, -0.1) is 11.3 Å². The maximum Gasteiger partial charge on any atom is 0.494 e. The number of hydrogen-bond acceptors (Lipinski definition) is 5. The first-order valence-electron chi connectivity index (χ1n) is 9.12. The number of nitrogens with zero attached hydrogens (tertiary/aromatic N) is 2. The maximum absolute atomic E-state index is 6.18. The van der Waals surface area contributed by atoms with Crippen LogP contribution in [-0.2, 0) is 9.31 Å². The number of hydrogen-bond donors (Lipinski definition) is 0. The largest absolute Gasteiger partial charge is 0.494 e. The van der Waals surface area contributed by atoms with Crippen LogP contribution in [0.15, 0.2) is 18.2 Å². The highest BCUT2D eigenvalue weighted by Gasteiger charge is 2.51. The van der Waals surface area contributed by atoms with E-state index >= 15 is 0 Å². The van der Waals surface area contributed by atoms with E-state index in [-0.39, 0.29) is 18.3 Å². The molecule has 0 spiro atoms. The fourth-order valence-electron chi connectivity index (χ4n) is 3.64. The second kappa shape index (κ2) is 5.78. The molecule has 0 aliphatic carbocycles. The summed E-state index contributed by atoms with van der Waals surface area (Å²) in [5.41, 5.74) is 1.49. The third kappa shape index (κ3) is 2.93. The first-order valence-corrected chi connectivity index (χ1v) is 9.94. The summed E-state index contributed by atoms with van der Waals surface area (Å²) in [4.78, 5) is 7.37. The van der Waals surface area contributed by atoms with Gasteiger partial charge in [-0.1, -0.05) is 6.07 Å². The highest BCUT2D eigenvalue weighted by atomic mass is 32.1. The van der Waals surface area contributed by atoms with Crippen molar-refractivity contribution in [3.05, 3.63) is 23.2 Å². The lowest BCUT2D eigenvalue weighted by Crippen LogP contribution is -2.41. The van der Waals surface area contributed by atoms with Gasteiger partial charge in [0.05, 0.1) is 26.4 Å². The molecule has 0 bridgehead atoms. The summed E-state index contributed by atoms with van der Waals surface area (Å²) in [6, 6.07) is 7.06. The van der Waals surface area contributed by atoms with Gasteiger partial charge in [0.1, 0.15) is 0 Å². The molecule has 3 heterocycles. The number of likely N-dealkylation sites (N-methyl/N-ethyl adjacent to an activating group) is 1. The van der Waals surface area contributed by atoms with E-state index in [0.29, 0.717) is 12.0 Å². The van der Waals surface area contributed by atoms with E-state index in [2.05, 4.69) is 64.8 Å². The molecule has 2 aliphatic heterocycles. The summed E-state index contributed by atoms with van der Waals surface area (Å²) in [7, 11) is 1.88. The Kier molecular flexibility index (Phi) is 4.04. The molecule has 2 fully saturated rings. The van der Waals surface area contributed by atoms with E-state index in [0.717, 1.165) is 17.5 Å². The molecule has 2 aromatic rings. The molecule has 2 atom stereocenters.